The second-order valence-electron chi connectivity index (χ2n) is 5.03. The Balaban J connectivity index is 2.27. The molecule has 0 N–H and O–H groups in total. The van der Waals surface area contributed by atoms with Crippen molar-refractivity contribution in [2.45, 2.75) is 51.4 Å². The van der Waals surface area contributed by atoms with Crippen LogP contribution < -0.4 is 0 Å². The quantitative estimate of drug-likeness (QED) is 0.483. The first-order valence-electron chi connectivity index (χ1n) is 6.81. The minimum Gasteiger partial charge on any atom is -0.314 e. The van der Waals surface area contributed by atoms with Crippen LogP contribution in [0, 0.1) is 0 Å². The van der Waals surface area contributed by atoms with Gasteiger partial charge in [0, 0.05) is 11.5 Å². The van der Waals surface area contributed by atoms with Gasteiger partial charge in [-0.3, -0.25) is 0 Å². The maximum Gasteiger partial charge on any atom is 0.135 e. The average molecular weight is 317 g/mol. The van der Waals surface area contributed by atoms with Gasteiger partial charge in [-0.15, -0.1) is 0 Å². The minimum absolute atomic E-state index is 0.824. The van der Waals surface area contributed by atoms with Crippen molar-refractivity contribution in [1.29, 1.82) is 0 Å². The van der Waals surface area contributed by atoms with Crippen molar-refractivity contribution in [3.63, 3.8) is 0 Å². The van der Waals surface area contributed by atoms with Gasteiger partial charge in [-0.25, -0.2) is 0 Å². The number of allylic oxidation sites excluding steroid dienone is 4. The van der Waals surface area contributed by atoms with Gasteiger partial charge in [-0.1, -0.05) is 28.1 Å². The van der Waals surface area contributed by atoms with Gasteiger partial charge in [0.2, 0.25) is 0 Å². The Hall–Kier alpha value is 0.190. The zero-order chi connectivity index (χ0) is 12.1. The monoisotopic (exact) mass is 316 g/mol. The molecular formula is C14H22BrOP. The first kappa shape index (κ1) is 13.6. The lowest BCUT2D eigenvalue weighted by molar-refractivity contribution is 0.575. The number of alkyl halides is 1. The normalized spacial score (nSPS) is 21.9. The molecule has 0 aromatic heterocycles. The summed E-state index contributed by atoms with van der Waals surface area (Å²) in [5, 5.41) is 3.44. The fourth-order valence-electron chi connectivity index (χ4n) is 2.89. The first-order valence-corrected chi connectivity index (χ1v) is 9.83. The molecule has 0 aromatic rings. The summed E-state index contributed by atoms with van der Waals surface area (Å²) >= 11 is 3.49. The van der Waals surface area contributed by atoms with Crippen LogP contribution >= 0.6 is 23.1 Å². The van der Waals surface area contributed by atoms with Crippen molar-refractivity contribution in [2.75, 3.05) is 11.5 Å². The SMILES string of the molecule is O=P(CCBr)(C1=CCCCC1)C1=CCCCC1. The summed E-state index contributed by atoms with van der Waals surface area (Å²) in [6.45, 7) is 0. The highest BCUT2D eigenvalue weighted by Gasteiger charge is 2.31. The van der Waals surface area contributed by atoms with Crippen LogP contribution in [0.4, 0.5) is 0 Å². The Labute approximate surface area is 113 Å². The number of hydrogen-bond donors (Lipinski definition) is 0. The Kier molecular flexibility index (Phi) is 5.11. The van der Waals surface area contributed by atoms with E-state index in [0.717, 1.165) is 37.2 Å². The van der Waals surface area contributed by atoms with Gasteiger partial charge in [0.25, 0.3) is 0 Å². The highest BCUT2D eigenvalue weighted by atomic mass is 79.9. The van der Waals surface area contributed by atoms with Crippen molar-refractivity contribution in [2.24, 2.45) is 0 Å². The largest absolute Gasteiger partial charge is 0.314 e. The molecule has 0 radical (unpaired) electrons. The number of hydrogen-bond acceptors (Lipinski definition) is 1. The predicted octanol–water partition coefficient (Wildman–Crippen LogP) is 5.66. The standard InChI is InChI=1S/C14H22BrOP/c15-11-12-17(16,13-7-3-1-4-8-13)14-9-5-2-6-10-14/h7,9H,1-6,8,10-12H2. The molecule has 2 aliphatic carbocycles. The lowest BCUT2D eigenvalue weighted by Gasteiger charge is -2.28. The molecule has 0 heterocycles. The number of rotatable bonds is 4. The van der Waals surface area contributed by atoms with Crippen LogP contribution in [0.3, 0.4) is 0 Å². The predicted molar refractivity (Wildman–Crippen MR) is 79.4 cm³/mol. The Bertz CT molecular complexity index is 340. The summed E-state index contributed by atoms with van der Waals surface area (Å²) in [6, 6.07) is 0. The third-order valence-electron chi connectivity index (χ3n) is 3.86. The average Bonchev–Trinajstić information content (AvgIpc) is 2.41. The van der Waals surface area contributed by atoms with Crippen molar-refractivity contribution < 1.29 is 4.57 Å². The van der Waals surface area contributed by atoms with E-state index in [2.05, 4.69) is 28.1 Å². The maximum atomic E-state index is 13.4. The van der Waals surface area contributed by atoms with Crippen LogP contribution in [0.2, 0.25) is 0 Å². The van der Waals surface area contributed by atoms with E-state index in [1.54, 1.807) is 0 Å². The lowest BCUT2D eigenvalue weighted by atomic mass is 10.1. The first-order chi connectivity index (χ1) is 8.27. The topological polar surface area (TPSA) is 17.1 Å². The smallest absolute Gasteiger partial charge is 0.135 e. The summed E-state index contributed by atoms with van der Waals surface area (Å²) in [4.78, 5) is 0. The molecule has 0 atom stereocenters. The van der Waals surface area contributed by atoms with Crippen LogP contribution in [0.15, 0.2) is 22.8 Å². The summed E-state index contributed by atoms with van der Waals surface area (Å²) in [6.07, 6.45) is 14.8. The highest BCUT2D eigenvalue weighted by Crippen LogP contribution is 2.65. The van der Waals surface area contributed by atoms with E-state index in [1.165, 1.54) is 36.3 Å². The van der Waals surface area contributed by atoms with Crippen LogP contribution in [-0.4, -0.2) is 11.5 Å². The molecule has 1 nitrogen and oxygen atoms in total. The molecule has 0 saturated heterocycles. The van der Waals surface area contributed by atoms with Crippen LogP contribution in [0.1, 0.15) is 51.4 Å². The van der Waals surface area contributed by atoms with E-state index in [0.29, 0.717) is 0 Å². The third-order valence-corrected chi connectivity index (χ3v) is 8.39. The van der Waals surface area contributed by atoms with Crippen molar-refractivity contribution in [3.05, 3.63) is 22.8 Å². The molecule has 3 heteroatoms. The minimum atomic E-state index is -2.19. The second-order valence-corrected chi connectivity index (χ2v) is 8.90. The maximum absolute atomic E-state index is 13.4. The Morgan fingerprint density at radius 1 is 1.00 bits per heavy atom. The van der Waals surface area contributed by atoms with E-state index >= 15 is 0 Å². The molecule has 0 fully saturated rings. The van der Waals surface area contributed by atoms with Crippen molar-refractivity contribution >= 4 is 23.1 Å². The number of halogens is 1. The van der Waals surface area contributed by atoms with Crippen molar-refractivity contribution in [3.8, 4) is 0 Å². The lowest BCUT2D eigenvalue weighted by Crippen LogP contribution is -2.04. The fraction of sp³-hybridized carbons (Fsp3) is 0.714. The zero-order valence-electron chi connectivity index (χ0n) is 10.5. The van der Waals surface area contributed by atoms with E-state index < -0.39 is 7.14 Å². The summed E-state index contributed by atoms with van der Waals surface area (Å²) < 4.78 is 13.4. The van der Waals surface area contributed by atoms with Gasteiger partial charge in [-0.2, -0.15) is 0 Å². The third kappa shape index (κ3) is 3.15. The molecule has 2 rings (SSSR count). The van der Waals surface area contributed by atoms with Gasteiger partial charge in [0.1, 0.15) is 7.14 Å². The van der Waals surface area contributed by atoms with Gasteiger partial charge >= 0.3 is 0 Å². The fourth-order valence-corrected chi connectivity index (χ4v) is 7.46. The molecule has 17 heavy (non-hydrogen) atoms. The Morgan fingerprint density at radius 2 is 1.53 bits per heavy atom. The molecule has 0 aliphatic heterocycles. The summed E-state index contributed by atoms with van der Waals surface area (Å²) in [5.74, 6) is 0. The van der Waals surface area contributed by atoms with E-state index in [4.69, 9.17) is 0 Å². The van der Waals surface area contributed by atoms with Crippen LogP contribution in [-0.2, 0) is 4.57 Å². The van der Waals surface area contributed by atoms with Gasteiger partial charge in [0.05, 0.1) is 0 Å². The molecule has 0 saturated carbocycles. The van der Waals surface area contributed by atoms with Gasteiger partial charge in [-0.05, 0) is 62.0 Å². The molecule has 0 amide bonds. The highest BCUT2D eigenvalue weighted by molar-refractivity contribution is 9.09. The zero-order valence-corrected chi connectivity index (χ0v) is 12.9. The molecule has 0 unspecified atom stereocenters. The second kappa shape index (κ2) is 6.38. The van der Waals surface area contributed by atoms with Crippen LogP contribution in [0.5, 0.6) is 0 Å². The van der Waals surface area contributed by atoms with E-state index in [1.807, 2.05) is 0 Å². The molecule has 2 aliphatic rings. The Morgan fingerprint density at radius 3 is 1.88 bits per heavy atom. The molecular weight excluding hydrogens is 295 g/mol. The van der Waals surface area contributed by atoms with E-state index in [-0.39, 0.29) is 0 Å². The molecule has 0 spiro atoms. The van der Waals surface area contributed by atoms with Crippen LogP contribution in [0.25, 0.3) is 0 Å². The van der Waals surface area contributed by atoms with Crippen molar-refractivity contribution in [1.82, 2.24) is 0 Å². The summed E-state index contributed by atoms with van der Waals surface area (Å²) in [5.41, 5.74) is 0. The molecule has 96 valence electrons. The van der Waals surface area contributed by atoms with E-state index in [9.17, 15) is 4.57 Å². The van der Waals surface area contributed by atoms with Gasteiger partial charge < -0.3 is 4.57 Å². The molecule has 0 bridgehead atoms. The van der Waals surface area contributed by atoms with Gasteiger partial charge in [0.15, 0.2) is 0 Å². The summed E-state index contributed by atoms with van der Waals surface area (Å²) in [7, 11) is -2.19. The molecule has 0 aromatic carbocycles.